The van der Waals surface area contributed by atoms with Crippen LogP contribution >= 0.6 is 0 Å². The monoisotopic (exact) mass is 299 g/mol. The van der Waals surface area contributed by atoms with Gasteiger partial charge in [-0.15, -0.1) is 0 Å². The van der Waals surface area contributed by atoms with E-state index in [1.807, 2.05) is 61.5 Å². The number of aryl methyl sites for hydroxylation is 1. The van der Waals surface area contributed by atoms with Crippen molar-refractivity contribution >= 4 is 6.09 Å². The van der Waals surface area contributed by atoms with Crippen molar-refractivity contribution in [3.63, 3.8) is 0 Å². The van der Waals surface area contributed by atoms with Crippen LogP contribution in [0.15, 0.2) is 54.6 Å². The van der Waals surface area contributed by atoms with Gasteiger partial charge in [0.2, 0.25) is 0 Å². The number of rotatable bonds is 5. The molecule has 0 aliphatic rings. The first kappa shape index (κ1) is 16.0. The summed E-state index contributed by atoms with van der Waals surface area (Å²) < 4.78 is 5.31. The Bertz CT molecular complexity index is 613. The summed E-state index contributed by atoms with van der Waals surface area (Å²) in [7, 11) is 1.64. The maximum Gasteiger partial charge on any atom is 0.410 e. The molecule has 4 heteroatoms. The SMILES string of the molecule is Cc1ccccc1C(CO)N(C)C(=O)OCc1ccccc1. The first-order chi connectivity index (χ1) is 10.6. The highest BCUT2D eigenvalue weighted by atomic mass is 16.6. The summed E-state index contributed by atoms with van der Waals surface area (Å²) in [5, 5.41) is 9.66. The van der Waals surface area contributed by atoms with Crippen molar-refractivity contribution in [2.24, 2.45) is 0 Å². The summed E-state index contributed by atoms with van der Waals surface area (Å²) in [5.74, 6) is 0. The zero-order chi connectivity index (χ0) is 15.9. The fourth-order valence-electron chi connectivity index (χ4n) is 2.34. The molecule has 0 fully saturated rings. The highest BCUT2D eigenvalue weighted by Crippen LogP contribution is 2.23. The first-order valence-electron chi connectivity index (χ1n) is 7.23. The molecule has 22 heavy (non-hydrogen) atoms. The van der Waals surface area contributed by atoms with Gasteiger partial charge < -0.3 is 14.7 Å². The van der Waals surface area contributed by atoms with E-state index >= 15 is 0 Å². The predicted molar refractivity (Wildman–Crippen MR) is 85.4 cm³/mol. The van der Waals surface area contributed by atoms with Crippen LogP contribution < -0.4 is 0 Å². The highest BCUT2D eigenvalue weighted by molar-refractivity contribution is 5.68. The van der Waals surface area contributed by atoms with Crippen LogP contribution in [0.3, 0.4) is 0 Å². The molecule has 0 bridgehead atoms. The van der Waals surface area contributed by atoms with E-state index in [1.54, 1.807) is 7.05 Å². The number of amides is 1. The van der Waals surface area contributed by atoms with Crippen molar-refractivity contribution in [2.45, 2.75) is 19.6 Å². The Kier molecular flexibility index (Phi) is 5.55. The third kappa shape index (κ3) is 3.86. The Balaban J connectivity index is 2.03. The fourth-order valence-corrected chi connectivity index (χ4v) is 2.34. The average molecular weight is 299 g/mol. The minimum absolute atomic E-state index is 0.151. The Morgan fingerprint density at radius 3 is 2.41 bits per heavy atom. The molecule has 2 rings (SSSR count). The number of aliphatic hydroxyl groups excluding tert-OH is 1. The summed E-state index contributed by atoms with van der Waals surface area (Å²) in [5.41, 5.74) is 2.88. The normalized spacial score (nSPS) is 11.8. The van der Waals surface area contributed by atoms with Crippen LogP contribution in [0.5, 0.6) is 0 Å². The molecule has 1 unspecified atom stereocenters. The zero-order valence-electron chi connectivity index (χ0n) is 12.9. The molecule has 116 valence electrons. The first-order valence-corrected chi connectivity index (χ1v) is 7.23. The van der Waals surface area contributed by atoms with Gasteiger partial charge in [-0.3, -0.25) is 0 Å². The summed E-state index contributed by atoms with van der Waals surface area (Å²) in [6.07, 6.45) is -0.453. The summed E-state index contributed by atoms with van der Waals surface area (Å²) in [4.78, 5) is 13.6. The standard InChI is InChI=1S/C18H21NO3/c1-14-8-6-7-11-16(14)17(12-20)19(2)18(21)22-13-15-9-4-3-5-10-15/h3-11,17,20H,12-13H2,1-2H3. The zero-order valence-corrected chi connectivity index (χ0v) is 12.9. The Morgan fingerprint density at radius 1 is 1.14 bits per heavy atom. The van der Waals surface area contributed by atoms with E-state index in [1.165, 1.54) is 4.90 Å². The van der Waals surface area contributed by atoms with Crippen molar-refractivity contribution in [3.05, 3.63) is 71.3 Å². The van der Waals surface area contributed by atoms with Gasteiger partial charge in [-0.05, 0) is 23.6 Å². The lowest BCUT2D eigenvalue weighted by molar-refractivity contribution is 0.0758. The largest absolute Gasteiger partial charge is 0.445 e. The van der Waals surface area contributed by atoms with E-state index in [9.17, 15) is 9.90 Å². The van der Waals surface area contributed by atoms with Crippen LogP contribution in [-0.2, 0) is 11.3 Å². The second-order valence-electron chi connectivity index (χ2n) is 5.21. The maximum absolute atomic E-state index is 12.2. The predicted octanol–water partition coefficient (Wildman–Crippen LogP) is 3.30. The van der Waals surface area contributed by atoms with Crippen LogP contribution in [-0.4, -0.2) is 29.8 Å². The molecule has 0 spiro atoms. The van der Waals surface area contributed by atoms with Crippen LogP contribution in [0.25, 0.3) is 0 Å². The van der Waals surface area contributed by atoms with Gasteiger partial charge in [0.1, 0.15) is 6.61 Å². The molecule has 0 aliphatic heterocycles. The Labute approximate surface area is 131 Å². The van der Waals surface area contributed by atoms with E-state index in [4.69, 9.17) is 4.74 Å². The van der Waals surface area contributed by atoms with Gasteiger partial charge >= 0.3 is 6.09 Å². The molecule has 0 saturated carbocycles. The smallest absolute Gasteiger partial charge is 0.410 e. The third-order valence-corrected chi connectivity index (χ3v) is 3.68. The number of nitrogens with zero attached hydrogens (tertiary/aromatic N) is 1. The molecular formula is C18H21NO3. The number of carbonyl (C=O) groups is 1. The molecule has 0 saturated heterocycles. The second-order valence-corrected chi connectivity index (χ2v) is 5.21. The average Bonchev–Trinajstić information content (AvgIpc) is 2.55. The van der Waals surface area contributed by atoms with Crippen molar-refractivity contribution in [1.29, 1.82) is 0 Å². The van der Waals surface area contributed by atoms with Gasteiger partial charge in [0.15, 0.2) is 0 Å². The molecule has 2 aromatic carbocycles. The van der Waals surface area contributed by atoms with Gasteiger partial charge in [-0.1, -0.05) is 54.6 Å². The van der Waals surface area contributed by atoms with E-state index in [0.717, 1.165) is 16.7 Å². The second kappa shape index (κ2) is 7.61. The topological polar surface area (TPSA) is 49.8 Å². The number of carbonyl (C=O) groups excluding carboxylic acids is 1. The van der Waals surface area contributed by atoms with Crippen molar-refractivity contribution in [2.75, 3.05) is 13.7 Å². The van der Waals surface area contributed by atoms with Gasteiger partial charge in [0, 0.05) is 7.05 Å². The quantitative estimate of drug-likeness (QED) is 0.921. The third-order valence-electron chi connectivity index (χ3n) is 3.68. The number of ether oxygens (including phenoxy) is 1. The molecule has 1 atom stereocenters. The number of hydrogen-bond acceptors (Lipinski definition) is 3. The molecule has 4 nitrogen and oxygen atoms in total. The van der Waals surface area contributed by atoms with Crippen LogP contribution in [0.2, 0.25) is 0 Å². The number of likely N-dealkylation sites (N-methyl/N-ethyl adjacent to an activating group) is 1. The molecule has 0 aromatic heterocycles. The van der Waals surface area contributed by atoms with E-state index in [0.29, 0.717) is 0 Å². The lowest BCUT2D eigenvalue weighted by atomic mass is 10.0. The molecule has 0 heterocycles. The summed E-state index contributed by atoms with van der Waals surface area (Å²) >= 11 is 0. The molecule has 1 amide bonds. The lowest BCUT2D eigenvalue weighted by Crippen LogP contribution is -2.34. The lowest BCUT2D eigenvalue weighted by Gasteiger charge is -2.27. The van der Waals surface area contributed by atoms with E-state index < -0.39 is 12.1 Å². The van der Waals surface area contributed by atoms with Crippen LogP contribution in [0.4, 0.5) is 4.79 Å². The number of benzene rings is 2. The molecular weight excluding hydrogens is 278 g/mol. The van der Waals surface area contributed by atoms with Crippen LogP contribution in [0.1, 0.15) is 22.7 Å². The molecule has 0 aliphatic carbocycles. The van der Waals surface area contributed by atoms with Gasteiger partial charge in [0.05, 0.1) is 12.6 Å². The van der Waals surface area contributed by atoms with Crippen molar-refractivity contribution in [1.82, 2.24) is 4.90 Å². The van der Waals surface area contributed by atoms with Gasteiger partial charge in [-0.25, -0.2) is 4.79 Å². The van der Waals surface area contributed by atoms with Crippen LogP contribution in [0, 0.1) is 6.92 Å². The molecule has 1 N–H and O–H groups in total. The Morgan fingerprint density at radius 2 is 1.77 bits per heavy atom. The number of hydrogen-bond donors (Lipinski definition) is 1. The minimum Gasteiger partial charge on any atom is -0.445 e. The summed E-state index contributed by atoms with van der Waals surface area (Å²) in [6, 6.07) is 16.8. The molecule has 0 radical (unpaired) electrons. The Hall–Kier alpha value is -2.33. The number of aliphatic hydroxyl groups is 1. The van der Waals surface area contributed by atoms with Crippen molar-refractivity contribution < 1.29 is 14.6 Å². The highest BCUT2D eigenvalue weighted by Gasteiger charge is 2.23. The van der Waals surface area contributed by atoms with E-state index in [-0.39, 0.29) is 13.2 Å². The van der Waals surface area contributed by atoms with Gasteiger partial charge in [-0.2, -0.15) is 0 Å². The fraction of sp³-hybridized carbons (Fsp3) is 0.278. The minimum atomic E-state index is -0.453. The van der Waals surface area contributed by atoms with Gasteiger partial charge in [0.25, 0.3) is 0 Å². The van der Waals surface area contributed by atoms with Crippen molar-refractivity contribution in [3.8, 4) is 0 Å². The maximum atomic E-state index is 12.2. The van der Waals surface area contributed by atoms with E-state index in [2.05, 4.69) is 0 Å². The molecule has 2 aromatic rings. The summed E-state index contributed by atoms with van der Waals surface area (Å²) in [6.45, 7) is 2.03.